The minimum atomic E-state index is 0.423. The molecule has 4 heteroatoms. The largest absolute Gasteiger partial charge is 0.486 e. The summed E-state index contributed by atoms with van der Waals surface area (Å²) in [6.07, 6.45) is 6.67. The number of hydrogen-bond donors (Lipinski definition) is 0. The minimum absolute atomic E-state index is 0.423. The van der Waals surface area contributed by atoms with Gasteiger partial charge in [0, 0.05) is 19.2 Å². The number of benzene rings is 1. The van der Waals surface area contributed by atoms with Crippen molar-refractivity contribution in [3.8, 4) is 11.5 Å². The molecular formula is C18H25NO3. The Morgan fingerprint density at radius 2 is 1.86 bits per heavy atom. The standard InChI is InChI=1S/C18H25NO3/c1-2-9-20-15(4-1)13-19-8-3-5-16(19)14-6-7-17-18(12-14)22-11-10-21-17/h6-7,12,15-16H,1-5,8-11,13H2. The molecule has 4 nitrogen and oxygen atoms in total. The van der Waals surface area contributed by atoms with E-state index >= 15 is 0 Å². The summed E-state index contributed by atoms with van der Waals surface area (Å²) in [4.78, 5) is 2.60. The van der Waals surface area contributed by atoms with Crippen molar-refractivity contribution in [1.29, 1.82) is 0 Å². The van der Waals surface area contributed by atoms with Gasteiger partial charge < -0.3 is 14.2 Å². The lowest BCUT2D eigenvalue weighted by Crippen LogP contribution is -2.35. The molecule has 1 aromatic carbocycles. The van der Waals surface area contributed by atoms with Crippen LogP contribution in [0.25, 0.3) is 0 Å². The lowest BCUT2D eigenvalue weighted by Gasteiger charge is -2.31. The molecule has 0 amide bonds. The lowest BCUT2D eigenvalue weighted by atomic mass is 10.0. The first-order valence-corrected chi connectivity index (χ1v) is 8.65. The Hall–Kier alpha value is -1.26. The highest BCUT2D eigenvalue weighted by atomic mass is 16.6. The third-order valence-electron chi connectivity index (χ3n) is 5.03. The van der Waals surface area contributed by atoms with Gasteiger partial charge in [-0.05, 0) is 56.3 Å². The highest BCUT2D eigenvalue weighted by Crippen LogP contribution is 2.38. The van der Waals surface area contributed by atoms with E-state index in [4.69, 9.17) is 14.2 Å². The van der Waals surface area contributed by atoms with E-state index in [1.807, 2.05) is 0 Å². The molecule has 2 unspecified atom stereocenters. The molecule has 0 aliphatic carbocycles. The SMILES string of the molecule is c1cc2c(cc1C1CCCN1CC1CCCCO1)OCCO2. The number of ether oxygens (including phenoxy) is 3. The van der Waals surface area contributed by atoms with Gasteiger partial charge in [-0.15, -0.1) is 0 Å². The number of likely N-dealkylation sites (tertiary alicyclic amines) is 1. The second kappa shape index (κ2) is 6.47. The van der Waals surface area contributed by atoms with Crippen molar-refractivity contribution in [3.05, 3.63) is 23.8 Å². The monoisotopic (exact) mass is 303 g/mol. The third kappa shape index (κ3) is 2.95. The van der Waals surface area contributed by atoms with Gasteiger partial charge in [0.15, 0.2) is 11.5 Å². The summed E-state index contributed by atoms with van der Waals surface area (Å²) in [6, 6.07) is 6.95. The zero-order valence-electron chi connectivity index (χ0n) is 13.1. The van der Waals surface area contributed by atoms with Gasteiger partial charge in [-0.3, -0.25) is 4.90 Å². The van der Waals surface area contributed by atoms with Crippen LogP contribution >= 0.6 is 0 Å². The van der Waals surface area contributed by atoms with Crippen LogP contribution in [0.15, 0.2) is 18.2 Å². The zero-order chi connectivity index (χ0) is 14.8. The molecule has 0 aromatic heterocycles. The zero-order valence-corrected chi connectivity index (χ0v) is 13.1. The first-order chi connectivity index (χ1) is 10.9. The van der Waals surface area contributed by atoms with Crippen molar-refractivity contribution in [2.24, 2.45) is 0 Å². The Balaban J connectivity index is 1.48. The summed E-state index contributed by atoms with van der Waals surface area (Å²) in [7, 11) is 0. The van der Waals surface area contributed by atoms with E-state index in [9.17, 15) is 0 Å². The molecule has 0 radical (unpaired) electrons. The smallest absolute Gasteiger partial charge is 0.161 e. The summed E-state index contributed by atoms with van der Waals surface area (Å²) in [5.74, 6) is 1.79. The molecule has 0 saturated carbocycles. The molecule has 120 valence electrons. The number of fused-ring (bicyclic) bond motifs is 1. The van der Waals surface area contributed by atoms with Crippen molar-refractivity contribution >= 4 is 0 Å². The van der Waals surface area contributed by atoms with Gasteiger partial charge in [-0.2, -0.15) is 0 Å². The number of rotatable bonds is 3. The molecule has 2 saturated heterocycles. The van der Waals surface area contributed by atoms with Crippen molar-refractivity contribution in [3.63, 3.8) is 0 Å². The molecule has 3 aliphatic heterocycles. The molecule has 0 spiro atoms. The molecule has 3 heterocycles. The highest BCUT2D eigenvalue weighted by molar-refractivity contribution is 5.44. The molecule has 2 atom stereocenters. The predicted octanol–water partition coefficient (Wildman–Crippen LogP) is 3.16. The summed E-state index contributed by atoms with van der Waals surface area (Å²) >= 11 is 0. The van der Waals surface area contributed by atoms with Crippen molar-refractivity contribution in [2.75, 3.05) is 32.9 Å². The molecule has 22 heavy (non-hydrogen) atoms. The normalized spacial score (nSPS) is 28.7. The van der Waals surface area contributed by atoms with Gasteiger partial charge >= 0.3 is 0 Å². The summed E-state index contributed by atoms with van der Waals surface area (Å²) in [5.41, 5.74) is 1.36. The Kier molecular flexibility index (Phi) is 4.22. The lowest BCUT2D eigenvalue weighted by molar-refractivity contribution is -0.00808. The average molecular weight is 303 g/mol. The minimum Gasteiger partial charge on any atom is -0.486 e. The van der Waals surface area contributed by atoms with Crippen LogP contribution in [0.5, 0.6) is 11.5 Å². The fourth-order valence-corrected chi connectivity index (χ4v) is 3.90. The highest BCUT2D eigenvalue weighted by Gasteiger charge is 2.29. The first-order valence-electron chi connectivity index (χ1n) is 8.65. The van der Waals surface area contributed by atoms with Gasteiger partial charge in [0.05, 0.1) is 6.10 Å². The van der Waals surface area contributed by atoms with Gasteiger partial charge in [0.1, 0.15) is 13.2 Å². The molecule has 2 fully saturated rings. The van der Waals surface area contributed by atoms with Crippen molar-refractivity contribution < 1.29 is 14.2 Å². The van der Waals surface area contributed by atoms with Gasteiger partial charge in [0.2, 0.25) is 0 Å². The van der Waals surface area contributed by atoms with Gasteiger partial charge in [-0.1, -0.05) is 6.07 Å². The van der Waals surface area contributed by atoms with Crippen LogP contribution in [0, 0.1) is 0 Å². The van der Waals surface area contributed by atoms with Crippen LogP contribution in [-0.4, -0.2) is 43.9 Å². The maximum absolute atomic E-state index is 5.93. The summed E-state index contributed by atoms with van der Waals surface area (Å²) in [6.45, 7) is 4.49. The molecule has 3 aliphatic rings. The van der Waals surface area contributed by atoms with E-state index in [1.54, 1.807) is 0 Å². The quantitative estimate of drug-likeness (QED) is 0.858. The molecule has 1 aromatic rings. The Bertz CT molecular complexity index is 513. The number of nitrogens with zero attached hydrogens (tertiary/aromatic N) is 1. The molecular weight excluding hydrogens is 278 g/mol. The Morgan fingerprint density at radius 1 is 0.955 bits per heavy atom. The van der Waals surface area contributed by atoms with Crippen molar-refractivity contribution in [1.82, 2.24) is 4.90 Å². The summed E-state index contributed by atoms with van der Waals surface area (Å²) in [5, 5.41) is 0. The van der Waals surface area contributed by atoms with Crippen LogP contribution in [0.3, 0.4) is 0 Å². The van der Waals surface area contributed by atoms with E-state index in [-0.39, 0.29) is 0 Å². The van der Waals surface area contributed by atoms with Gasteiger partial charge in [-0.25, -0.2) is 0 Å². The van der Waals surface area contributed by atoms with Crippen LogP contribution in [0.4, 0.5) is 0 Å². The fraction of sp³-hybridized carbons (Fsp3) is 0.667. The van der Waals surface area contributed by atoms with Crippen LogP contribution in [-0.2, 0) is 4.74 Å². The van der Waals surface area contributed by atoms with Crippen LogP contribution < -0.4 is 9.47 Å². The maximum atomic E-state index is 5.93. The second-order valence-corrected chi connectivity index (χ2v) is 6.54. The maximum Gasteiger partial charge on any atom is 0.161 e. The molecule has 0 N–H and O–H groups in total. The molecule has 0 bridgehead atoms. The van der Waals surface area contributed by atoms with E-state index in [0.717, 1.165) is 24.7 Å². The van der Waals surface area contributed by atoms with Gasteiger partial charge in [0.25, 0.3) is 0 Å². The Labute approximate surface area is 132 Å². The average Bonchev–Trinajstić information content (AvgIpc) is 3.03. The summed E-state index contributed by atoms with van der Waals surface area (Å²) < 4.78 is 17.3. The Morgan fingerprint density at radius 3 is 2.73 bits per heavy atom. The molecule has 4 rings (SSSR count). The van der Waals surface area contributed by atoms with E-state index in [0.29, 0.717) is 25.4 Å². The van der Waals surface area contributed by atoms with Crippen LogP contribution in [0.1, 0.15) is 43.7 Å². The first kappa shape index (κ1) is 14.3. The topological polar surface area (TPSA) is 30.9 Å². The van der Waals surface area contributed by atoms with Crippen LogP contribution in [0.2, 0.25) is 0 Å². The van der Waals surface area contributed by atoms with E-state index in [2.05, 4.69) is 23.1 Å². The van der Waals surface area contributed by atoms with Crippen molar-refractivity contribution in [2.45, 2.75) is 44.2 Å². The number of hydrogen-bond acceptors (Lipinski definition) is 4. The van der Waals surface area contributed by atoms with E-state index in [1.165, 1.54) is 44.2 Å². The second-order valence-electron chi connectivity index (χ2n) is 6.54. The fourth-order valence-electron chi connectivity index (χ4n) is 3.90. The van der Waals surface area contributed by atoms with E-state index < -0.39 is 0 Å². The predicted molar refractivity (Wildman–Crippen MR) is 84.6 cm³/mol. The third-order valence-corrected chi connectivity index (χ3v) is 5.03.